The van der Waals surface area contributed by atoms with Crippen molar-refractivity contribution in [3.8, 4) is 0 Å². The Hall–Kier alpha value is -1.03. The van der Waals surface area contributed by atoms with Crippen LogP contribution in [0, 0.1) is 0 Å². The fraction of sp³-hybridized carbons (Fsp3) is 0.667. The van der Waals surface area contributed by atoms with E-state index in [1.165, 1.54) is 4.90 Å². The minimum atomic E-state index is -0.861. The molecule has 1 N–H and O–H groups in total. The molecule has 0 aromatic carbocycles. The van der Waals surface area contributed by atoms with E-state index in [0.717, 1.165) is 0 Å². The lowest BCUT2D eigenvalue weighted by atomic mass is 10.1. The summed E-state index contributed by atoms with van der Waals surface area (Å²) in [6.07, 6.45) is 1.03. The first-order valence-corrected chi connectivity index (χ1v) is 4.27. The van der Waals surface area contributed by atoms with Crippen LogP contribution in [0.5, 0.6) is 0 Å². The highest BCUT2D eigenvalue weighted by Gasteiger charge is 2.46. The number of aliphatic hydroxyl groups is 1. The second-order valence-electron chi connectivity index (χ2n) is 3.62. The highest BCUT2D eigenvalue weighted by molar-refractivity contribution is 5.71. The van der Waals surface area contributed by atoms with Gasteiger partial charge in [-0.15, -0.1) is 6.58 Å². The van der Waals surface area contributed by atoms with Gasteiger partial charge in [0.25, 0.3) is 0 Å². The molecule has 0 spiro atoms. The van der Waals surface area contributed by atoms with Gasteiger partial charge in [-0.2, -0.15) is 0 Å². The van der Waals surface area contributed by atoms with Gasteiger partial charge < -0.3 is 9.84 Å². The Kier molecular flexibility index (Phi) is 2.61. The molecular weight excluding hydrogens is 170 g/mol. The molecule has 1 rings (SSSR count). The van der Waals surface area contributed by atoms with Crippen LogP contribution in [0.4, 0.5) is 4.79 Å². The molecule has 0 aromatic heterocycles. The summed E-state index contributed by atoms with van der Waals surface area (Å²) in [4.78, 5) is 12.5. The van der Waals surface area contributed by atoms with Crippen molar-refractivity contribution in [2.24, 2.45) is 0 Å². The summed E-state index contributed by atoms with van der Waals surface area (Å²) in [6, 6.07) is 0. The Bertz CT molecular complexity index is 225. The number of amides is 1. The predicted octanol–water partition coefficient (Wildman–Crippen LogP) is 1.11. The number of hydrogen-bond acceptors (Lipinski definition) is 3. The van der Waals surface area contributed by atoms with E-state index >= 15 is 0 Å². The fourth-order valence-electron chi connectivity index (χ4n) is 1.26. The summed E-state index contributed by atoms with van der Waals surface area (Å²) in [5.74, 6) is 0. The van der Waals surface area contributed by atoms with Gasteiger partial charge in [0.2, 0.25) is 0 Å². The Morgan fingerprint density at radius 3 is 2.77 bits per heavy atom. The van der Waals surface area contributed by atoms with Gasteiger partial charge in [-0.25, -0.2) is 4.79 Å². The molecule has 13 heavy (non-hydrogen) atoms. The molecule has 4 heteroatoms. The maximum atomic E-state index is 11.2. The van der Waals surface area contributed by atoms with Crippen molar-refractivity contribution in [1.82, 2.24) is 4.90 Å². The topological polar surface area (TPSA) is 49.8 Å². The quantitative estimate of drug-likeness (QED) is 0.670. The normalized spacial score (nSPS) is 25.9. The number of aliphatic hydroxyl groups excluding tert-OH is 1. The second kappa shape index (κ2) is 3.38. The molecule has 0 bridgehead atoms. The number of carbonyl (C=O) groups is 1. The van der Waals surface area contributed by atoms with Crippen LogP contribution < -0.4 is 0 Å². The zero-order chi connectivity index (χ0) is 10.1. The molecule has 0 radical (unpaired) electrons. The minimum absolute atomic E-state index is 0.451. The zero-order valence-electron chi connectivity index (χ0n) is 7.99. The van der Waals surface area contributed by atoms with Crippen LogP contribution in [0.1, 0.15) is 20.3 Å². The van der Waals surface area contributed by atoms with Crippen molar-refractivity contribution < 1.29 is 14.6 Å². The summed E-state index contributed by atoms with van der Waals surface area (Å²) in [5.41, 5.74) is -0.807. The monoisotopic (exact) mass is 185 g/mol. The summed E-state index contributed by atoms with van der Waals surface area (Å²) in [5, 5.41) is 9.66. The third kappa shape index (κ3) is 1.83. The fourth-order valence-corrected chi connectivity index (χ4v) is 1.26. The predicted molar refractivity (Wildman–Crippen MR) is 48.1 cm³/mol. The molecule has 1 aliphatic heterocycles. The van der Waals surface area contributed by atoms with E-state index in [4.69, 9.17) is 4.74 Å². The molecule has 1 atom stereocenters. The van der Waals surface area contributed by atoms with E-state index in [-0.39, 0.29) is 0 Å². The molecule has 0 saturated carbocycles. The Balaban J connectivity index is 2.65. The first-order chi connectivity index (χ1) is 5.99. The van der Waals surface area contributed by atoms with E-state index in [1.807, 2.05) is 0 Å². The summed E-state index contributed by atoms with van der Waals surface area (Å²) >= 11 is 0. The summed E-state index contributed by atoms with van der Waals surface area (Å²) in [6.45, 7) is 7.37. The Morgan fingerprint density at radius 1 is 1.77 bits per heavy atom. The van der Waals surface area contributed by atoms with Crippen molar-refractivity contribution in [1.29, 1.82) is 0 Å². The second-order valence-corrected chi connectivity index (χ2v) is 3.62. The van der Waals surface area contributed by atoms with Gasteiger partial charge in [0.15, 0.2) is 11.8 Å². The third-order valence-electron chi connectivity index (χ3n) is 2.08. The lowest BCUT2D eigenvalue weighted by Gasteiger charge is -2.23. The van der Waals surface area contributed by atoms with Crippen molar-refractivity contribution in [2.75, 3.05) is 6.54 Å². The molecule has 4 nitrogen and oxygen atoms in total. The van der Waals surface area contributed by atoms with Crippen LogP contribution in [0.2, 0.25) is 0 Å². The van der Waals surface area contributed by atoms with Gasteiger partial charge in [0.1, 0.15) is 0 Å². The van der Waals surface area contributed by atoms with Gasteiger partial charge in [0, 0.05) is 6.54 Å². The maximum Gasteiger partial charge on any atom is 0.412 e. The molecule has 1 fully saturated rings. The van der Waals surface area contributed by atoms with Gasteiger partial charge in [0.05, 0.1) is 0 Å². The van der Waals surface area contributed by atoms with Crippen molar-refractivity contribution in [2.45, 2.75) is 32.1 Å². The van der Waals surface area contributed by atoms with Crippen LogP contribution in [0.15, 0.2) is 12.7 Å². The van der Waals surface area contributed by atoms with Crippen molar-refractivity contribution in [3.05, 3.63) is 12.7 Å². The maximum absolute atomic E-state index is 11.2. The Morgan fingerprint density at radius 2 is 2.38 bits per heavy atom. The van der Waals surface area contributed by atoms with E-state index in [9.17, 15) is 9.90 Å². The Labute approximate surface area is 77.8 Å². The van der Waals surface area contributed by atoms with E-state index in [1.54, 1.807) is 19.9 Å². The molecule has 1 unspecified atom stereocenters. The van der Waals surface area contributed by atoms with Crippen molar-refractivity contribution in [3.63, 3.8) is 0 Å². The zero-order valence-corrected chi connectivity index (χ0v) is 7.99. The summed E-state index contributed by atoms with van der Waals surface area (Å²) < 4.78 is 4.97. The molecular formula is C9H15NO3. The SMILES string of the molecule is C=CCCN1C(=O)OC(C)(C)C1O. The molecule has 1 aliphatic rings. The molecule has 74 valence electrons. The molecule has 1 amide bonds. The number of hydrogen-bond donors (Lipinski definition) is 1. The largest absolute Gasteiger partial charge is 0.439 e. The molecule has 0 aromatic rings. The smallest absolute Gasteiger partial charge is 0.412 e. The number of ether oxygens (including phenoxy) is 1. The van der Waals surface area contributed by atoms with Crippen LogP contribution in [-0.2, 0) is 4.74 Å². The number of rotatable bonds is 3. The van der Waals surface area contributed by atoms with Crippen LogP contribution in [0.25, 0.3) is 0 Å². The third-order valence-corrected chi connectivity index (χ3v) is 2.08. The van der Waals surface area contributed by atoms with Gasteiger partial charge >= 0.3 is 6.09 Å². The lowest BCUT2D eigenvalue weighted by molar-refractivity contribution is -0.0385. The van der Waals surface area contributed by atoms with Gasteiger partial charge in [-0.3, -0.25) is 4.90 Å². The van der Waals surface area contributed by atoms with Crippen molar-refractivity contribution >= 4 is 6.09 Å². The first kappa shape index (κ1) is 10.1. The highest BCUT2D eigenvalue weighted by atomic mass is 16.6. The number of cyclic esters (lactones) is 1. The standard InChI is InChI=1S/C9H15NO3/c1-4-5-6-10-7(11)9(2,3)13-8(10)12/h4,7,11H,1,5-6H2,2-3H3. The highest BCUT2D eigenvalue weighted by Crippen LogP contribution is 2.27. The molecule has 1 saturated heterocycles. The van der Waals surface area contributed by atoms with E-state index in [0.29, 0.717) is 13.0 Å². The number of nitrogens with zero attached hydrogens (tertiary/aromatic N) is 1. The first-order valence-electron chi connectivity index (χ1n) is 4.27. The van der Waals surface area contributed by atoms with E-state index < -0.39 is 17.9 Å². The van der Waals surface area contributed by atoms with Crippen LogP contribution in [-0.4, -0.2) is 34.5 Å². The van der Waals surface area contributed by atoms with Gasteiger partial charge in [-0.05, 0) is 20.3 Å². The average Bonchev–Trinajstić information content (AvgIpc) is 2.21. The average molecular weight is 185 g/mol. The van der Waals surface area contributed by atoms with Crippen LogP contribution >= 0.6 is 0 Å². The summed E-state index contributed by atoms with van der Waals surface area (Å²) in [7, 11) is 0. The van der Waals surface area contributed by atoms with Gasteiger partial charge in [-0.1, -0.05) is 6.08 Å². The lowest BCUT2D eigenvalue weighted by Crippen LogP contribution is -2.41. The molecule has 0 aliphatic carbocycles. The van der Waals surface area contributed by atoms with Crippen LogP contribution in [0.3, 0.4) is 0 Å². The molecule has 1 heterocycles. The minimum Gasteiger partial charge on any atom is -0.439 e. The number of carbonyl (C=O) groups excluding carboxylic acids is 1. The van der Waals surface area contributed by atoms with E-state index in [2.05, 4.69) is 6.58 Å².